The van der Waals surface area contributed by atoms with E-state index >= 15 is 0 Å². The Morgan fingerprint density at radius 3 is 2.29 bits per heavy atom. The van der Waals surface area contributed by atoms with Crippen molar-refractivity contribution in [3.05, 3.63) is 66.2 Å². The second kappa shape index (κ2) is 8.35. The molecule has 2 aromatic rings. The number of hydrogen-bond donors (Lipinski definition) is 1. The van der Waals surface area contributed by atoms with Crippen LogP contribution >= 0.6 is 0 Å². The molecule has 162 valence electrons. The average Bonchev–Trinajstić information content (AvgIpc) is 3.09. The number of piperidine rings is 1. The fourth-order valence-electron chi connectivity index (χ4n) is 5.24. The van der Waals surface area contributed by atoms with Crippen molar-refractivity contribution in [2.24, 2.45) is 0 Å². The van der Waals surface area contributed by atoms with Gasteiger partial charge in [0.25, 0.3) is 0 Å². The van der Waals surface area contributed by atoms with Gasteiger partial charge in [-0.2, -0.15) is 0 Å². The second-order valence-corrected chi connectivity index (χ2v) is 8.93. The van der Waals surface area contributed by atoms with Crippen LogP contribution in [0, 0.1) is 0 Å². The Hall–Kier alpha value is -2.86. The first-order valence-corrected chi connectivity index (χ1v) is 11.3. The van der Waals surface area contributed by atoms with Crippen molar-refractivity contribution in [2.75, 3.05) is 37.7 Å². The predicted molar refractivity (Wildman–Crippen MR) is 121 cm³/mol. The number of amides is 2. The Balaban J connectivity index is 1.13. The molecule has 0 aromatic heterocycles. The Bertz CT molecular complexity index is 919. The third-order valence-corrected chi connectivity index (χ3v) is 7.23. The van der Waals surface area contributed by atoms with E-state index in [1.54, 1.807) is 0 Å². The summed E-state index contributed by atoms with van der Waals surface area (Å²) >= 11 is 0. The zero-order chi connectivity index (χ0) is 21.3. The van der Waals surface area contributed by atoms with Crippen molar-refractivity contribution in [1.82, 2.24) is 15.1 Å². The lowest BCUT2D eigenvalue weighted by molar-refractivity contribution is -0.139. The lowest BCUT2D eigenvalue weighted by Crippen LogP contribution is -2.65. The monoisotopic (exact) mass is 418 g/mol. The molecule has 5 rings (SSSR count). The normalized spacial score (nSPS) is 21.2. The number of carbonyl (C=O) groups excluding carboxylic acids is 2. The van der Waals surface area contributed by atoms with Crippen molar-refractivity contribution in [2.45, 2.75) is 37.3 Å². The zero-order valence-corrected chi connectivity index (χ0v) is 17.9. The highest BCUT2D eigenvalue weighted by atomic mass is 16.2. The molecule has 6 nitrogen and oxygen atoms in total. The highest BCUT2D eigenvalue weighted by Crippen LogP contribution is 2.37. The molecule has 1 N–H and O–H groups in total. The van der Waals surface area contributed by atoms with Gasteiger partial charge in [-0.1, -0.05) is 48.5 Å². The summed E-state index contributed by atoms with van der Waals surface area (Å²) in [5, 5.41) is 3.07. The number of carbonyl (C=O) groups is 2. The van der Waals surface area contributed by atoms with Gasteiger partial charge in [-0.05, 0) is 37.0 Å². The second-order valence-electron chi connectivity index (χ2n) is 8.93. The van der Waals surface area contributed by atoms with E-state index < -0.39 is 5.54 Å². The number of hydrogen-bond acceptors (Lipinski definition) is 4. The van der Waals surface area contributed by atoms with Crippen molar-refractivity contribution < 1.29 is 9.59 Å². The molecule has 0 unspecified atom stereocenters. The van der Waals surface area contributed by atoms with Gasteiger partial charge in [-0.15, -0.1) is 0 Å². The third-order valence-electron chi connectivity index (χ3n) is 7.23. The highest BCUT2D eigenvalue weighted by molar-refractivity contribution is 5.93. The van der Waals surface area contributed by atoms with E-state index in [9.17, 15) is 9.59 Å². The van der Waals surface area contributed by atoms with E-state index in [4.69, 9.17) is 0 Å². The zero-order valence-electron chi connectivity index (χ0n) is 17.9. The van der Waals surface area contributed by atoms with Crippen LogP contribution in [0.5, 0.6) is 0 Å². The maximum absolute atomic E-state index is 12.8. The molecule has 1 spiro atoms. The minimum Gasteiger partial charge on any atom is -0.339 e. The van der Waals surface area contributed by atoms with Crippen molar-refractivity contribution in [3.63, 3.8) is 0 Å². The first-order chi connectivity index (χ1) is 15.2. The van der Waals surface area contributed by atoms with Crippen LogP contribution in [0.1, 0.15) is 24.8 Å². The number of nitrogens with zero attached hydrogens (tertiary/aromatic N) is 3. The standard InChI is InChI=1S/C25H30N4O2/c30-23(12-11-20-7-3-1-4-8-20)28-17-22(18-28)27-15-13-25(14-16-27)24(31)26-19-29(25)21-9-5-2-6-10-21/h1-10,22H,11-19H2,(H,26,31). The predicted octanol–water partition coefficient (Wildman–Crippen LogP) is 2.26. The Morgan fingerprint density at radius 2 is 1.61 bits per heavy atom. The van der Waals surface area contributed by atoms with Crippen LogP contribution < -0.4 is 10.2 Å². The van der Waals surface area contributed by atoms with Gasteiger partial charge in [-0.3, -0.25) is 14.5 Å². The van der Waals surface area contributed by atoms with Gasteiger partial charge >= 0.3 is 0 Å². The minimum absolute atomic E-state index is 0.155. The summed E-state index contributed by atoms with van der Waals surface area (Å²) in [6.45, 7) is 4.00. The minimum atomic E-state index is -0.438. The maximum atomic E-state index is 12.8. The van der Waals surface area contributed by atoms with Gasteiger partial charge in [0.15, 0.2) is 0 Å². The lowest BCUT2D eigenvalue weighted by Gasteiger charge is -2.50. The topological polar surface area (TPSA) is 55.9 Å². The summed E-state index contributed by atoms with van der Waals surface area (Å²) in [7, 11) is 0. The first-order valence-electron chi connectivity index (χ1n) is 11.3. The molecule has 31 heavy (non-hydrogen) atoms. The van der Waals surface area contributed by atoms with Crippen LogP contribution in [0.15, 0.2) is 60.7 Å². The Kier molecular flexibility index (Phi) is 5.40. The van der Waals surface area contributed by atoms with Gasteiger partial charge in [0.05, 0.1) is 6.67 Å². The molecule has 3 aliphatic rings. The molecular formula is C25H30N4O2. The quantitative estimate of drug-likeness (QED) is 0.809. The fourth-order valence-corrected chi connectivity index (χ4v) is 5.24. The van der Waals surface area contributed by atoms with Gasteiger partial charge in [-0.25, -0.2) is 0 Å². The lowest BCUT2D eigenvalue weighted by atomic mass is 9.84. The van der Waals surface area contributed by atoms with Crippen LogP contribution in [0.25, 0.3) is 0 Å². The molecule has 0 bridgehead atoms. The summed E-state index contributed by atoms with van der Waals surface area (Å²) in [5.41, 5.74) is 1.88. The SMILES string of the molecule is O=C(CCc1ccccc1)N1CC(N2CCC3(CC2)C(=O)NCN3c2ccccc2)C1. The summed E-state index contributed by atoms with van der Waals surface area (Å²) < 4.78 is 0. The van der Waals surface area contributed by atoms with Gasteiger partial charge in [0, 0.05) is 44.3 Å². The summed E-state index contributed by atoms with van der Waals surface area (Å²) in [4.78, 5) is 32.0. The average molecular weight is 419 g/mol. The molecule has 0 radical (unpaired) electrons. The van der Waals surface area contributed by atoms with Gasteiger partial charge in [0.1, 0.15) is 5.54 Å². The van der Waals surface area contributed by atoms with E-state index in [2.05, 4.69) is 39.4 Å². The molecule has 2 amide bonds. The summed E-state index contributed by atoms with van der Waals surface area (Å²) in [6.07, 6.45) is 3.03. The molecule has 0 aliphatic carbocycles. The van der Waals surface area contributed by atoms with Crippen LogP contribution in [0.4, 0.5) is 5.69 Å². The number of likely N-dealkylation sites (tertiary alicyclic amines) is 2. The van der Waals surface area contributed by atoms with Crippen molar-refractivity contribution in [3.8, 4) is 0 Å². The van der Waals surface area contributed by atoms with E-state index in [0.29, 0.717) is 19.1 Å². The highest BCUT2D eigenvalue weighted by Gasteiger charge is 2.51. The van der Waals surface area contributed by atoms with E-state index in [1.807, 2.05) is 41.3 Å². The Morgan fingerprint density at radius 1 is 0.968 bits per heavy atom. The van der Waals surface area contributed by atoms with E-state index in [1.165, 1.54) is 5.56 Å². The van der Waals surface area contributed by atoms with Crippen molar-refractivity contribution in [1.29, 1.82) is 0 Å². The van der Waals surface area contributed by atoms with Crippen LogP contribution in [-0.4, -0.2) is 66.0 Å². The van der Waals surface area contributed by atoms with E-state index in [0.717, 1.165) is 51.1 Å². The van der Waals surface area contributed by atoms with Gasteiger partial charge in [0.2, 0.25) is 11.8 Å². The molecule has 3 fully saturated rings. The van der Waals surface area contributed by atoms with E-state index in [-0.39, 0.29) is 11.8 Å². The number of anilines is 1. The smallest absolute Gasteiger partial charge is 0.247 e. The number of rotatable bonds is 5. The van der Waals surface area contributed by atoms with Crippen LogP contribution in [-0.2, 0) is 16.0 Å². The van der Waals surface area contributed by atoms with Crippen LogP contribution in [0.2, 0.25) is 0 Å². The third kappa shape index (κ3) is 3.81. The van der Waals surface area contributed by atoms with Gasteiger partial charge < -0.3 is 15.1 Å². The molecule has 3 aliphatic heterocycles. The Labute approximate surface area is 183 Å². The molecule has 2 aromatic carbocycles. The molecule has 3 saturated heterocycles. The number of benzene rings is 2. The molecule has 6 heteroatoms. The van der Waals surface area contributed by atoms with Crippen molar-refractivity contribution >= 4 is 17.5 Å². The largest absolute Gasteiger partial charge is 0.339 e. The first kappa shape index (κ1) is 20.1. The number of aryl methyl sites for hydroxylation is 1. The molecular weight excluding hydrogens is 388 g/mol. The number of nitrogens with one attached hydrogen (secondary N) is 1. The number of para-hydroxylation sites is 1. The molecule has 3 heterocycles. The fraction of sp³-hybridized carbons (Fsp3) is 0.440. The molecule has 0 saturated carbocycles. The summed E-state index contributed by atoms with van der Waals surface area (Å²) in [5.74, 6) is 0.404. The summed E-state index contributed by atoms with van der Waals surface area (Å²) in [6, 6.07) is 20.8. The molecule has 0 atom stereocenters. The maximum Gasteiger partial charge on any atom is 0.247 e. The van der Waals surface area contributed by atoms with Crippen LogP contribution in [0.3, 0.4) is 0 Å².